The molecule has 1 aliphatic heterocycles. The Morgan fingerprint density at radius 1 is 1.18 bits per heavy atom. The summed E-state index contributed by atoms with van der Waals surface area (Å²) in [4.78, 5) is 0.367. The standard InChI is InChI=1S/C15H17BrN2O2S.ClH/c1-11-10-18(7-6-17-11)21(19,20)15-5-3-12-8-14(16)4-2-13(12)9-15;/h2-5,8-9,11,17H,6-7,10H2,1H3;1H. The lowest BCUT2D eigenvalue weighted by Crippen LogP contribution is -2.51. The van der Waals surface area contributed by atoms with E-state index in [1.54, 1.807) is 16.4 Å². The molecule has 1 heterocycles. The second-order valence-corrected chi connectivity index (χ2v) is 8.23. The summed E-state index contributed by atoms with van der Waals surface area (Å²) < 4.78 is 28.0. The summed E-state index contributed by atoms with van der Waals surface area (Å²) in [5, 5.41) is 5.22. The van der Waals surface area contributed by atoms with Crippen molar-refractivity contribution in [3.8, 4) is 0 Å². The average molecular weight is 406 g/mol. The maximum absolute atomic E-state index is 12.7. The predicted octanol–water partition coefficient (Wildman–Crippen LogP) is 3.01. The number of hydrogen-bond donors (Lipinski definition) is 1. The van der Waals surface area contributed by atoms with E-state index in [1.165, 1.54) is 0 Å². The van der Waals surface area contributed by atoms with Gasteiger partial charge < -0.3 is 5.32 Å². The molecule has 1 aliphatic rings. The fourth-order valence-electron chi connectivity index (χ4n) is 2.62. The average Bonchev–Trinajstić information content (AvgIpc) is 2.46. The third kappa shape index (κ3) is 3.46. The summed E-state index contributed by atoms with van der Waals surface area (Å²) in [7, 11) is -3.41. The van der Waals surface area contributed by atoms with Crippen LogP contribution in [0.25, 0.3) is 10.8 Å². The Morgan fingerprint density at radius 2 is 1.86 bits per heavy atom. The summed E-state index contributed by atoms with van der Waals surface area (Å²) in [6.07, 6.45) is 0. The zero-order chi connectivity index (χ0) is 15.0. The van der Waals surface area contributed by atoms with Gasteiger partial charge in [-0.1, -0.05) is 28.1 Å². The number of hydrogen-bond acceptors (Lipinski definition) is 3. The van der Waals surface area contributed by atoms with Gasteiger partial charge in [0, 0.05) is 30.1 Å². The van der Waals surface area contributed by atoms with E-state index in [1.807, 2.05) is 31.2 Å². The second kappa shape index (κ2) is 6.84. The van der Waals surface area contributed by atoms with Gasteiger partial charge in [-0.05, 0) is 42.0 Å². The minimum absolute atomic E-state index is 0. The number of nitrogens with zero attached hydrogens (tertiary/aromatic N) is 1. The lowest BCUT2D eigenvalue weighted by molar-refractivity contribution is 0.310. The van der Waals surface area contributed by atoms with E-state index in [9.17, 15) is 8.42 Å². The first-order valence-corrected chi connectivity index (χ1v) is 9.13. The predicted molar refractivity (Wildman–Crippen MR) is 95.1 cm³/mol. The first-order chi connectivity index (χ1) is 9.96. The number of piperazine rings is 1. The minimum atomic E-state index is -3.41. The largest absolute Gasteiger partial charge is 0.312 e. The Hall–Kier alpha value is -0.660. The minimum Gasteiger partial charge on any atom is -0.312 e. The zero-order valence-electron chi connectivity index (χ0n) is 12.1. The Bertz CT molecular complexity index is 782. The van der Waals surface area contributed by atoms with Crippen LogP contribution in [0.2, 0.25) is 0 Å². The molecule has 1 fully saturated rings. The third-order valence-corrected chi connectivity index (χ3v) is 6.10. The number of nitrogens with one attached hydrogen (secondary N) is 1. The molecule has 0 radical (unpaired) electrons. The van der Waals surface area contributed by atoms with Crippen LogP contribution in [-0.2, 0) is 10.0 Å². The lowest BCUT2D eigenvalue weighted by Gasteiger charge is -2.31. The van der Waals surface area contributed by atoms with Gasteiger partial charge in [0.1, 0.15) is 0 Å². The van der Waals surface area contributed by atoms with Crippen LogP contribution in [-0.4, -0.2) is 38.4 Å². The van der Waals surface area contributed by atoms with Gasteiger partial charge in [-0.3, -0.25) is 0 Å². The van der Waals surface area contributed by atoms with Crippen LogP contribution >= 0.6 is 28.3 Å². The maximum Gasteiger partial charge on any atom is 0.243 e. The molecule has 4 nitrogen and oxygen atoms in total. The van der Waals surface area contributed by atoms with Crippen molar-refractivity contribution in [3.63, 3.8) is 0 Å². The Labute approximate surface area is 145 Å². The van der Waals surface area contributed by atoms with Crippen LogP contribution in [0.3, 0.4) is 0 Å². The Balaban J connectivity index is 0.00000176. The Morgan fingerprint density at radius 3 is 2.59 bits per heavy atom. The van der Waals surface area contributed by atoms with Gasteiger partial charge >= 0.3 is 0 Å². The monoisotopic (exact) mass is 404 g/mol. The van der Waals surface area contributed by atoms with Crippen molar-refractivity contribution in [1.29, 1.82) is 0 Å². The van der Waals surface area contributed by atoms with E-state index in [4.69, 9.17) is 0 Å². The van der Waals surface area contributed by atoms with E-state index in [2.05, 4.69) is 21.2 Å². The van der Waals surface area contributed by atoms with Crippen LogP contribution in [0, 0.1) is 0 Å². The number of benzene rings is 2. The molecule has 1 N–H and O–H groups in total. The topological polar surface area (TPSA) is 49.4 Å². The molecule has 0 spiro atoms. The van der Waals surface area contributed by atoms with Crippen molar-refractivity contribution < 1.29 is 8.42 Å². The highest BCUT2D eigenvalue weighted by Gasteiger charge is 2.28. The summed E-state index contributed by atoms with van der Waals surface area (Å²) in [6, 6.07) is 11.3. The van der Waals surface area contributed by atoms with Crippen LogP contribution in [0.15, 0.2) is 45.8 Å². The van der Waals surface area contributed by atoms with Crippen molar-refractivity contribution in [2.45, 2.75) is 17.9 Å². The highest BCUT2D eigenvalue weighted by molar-refractivity contribution is 9.10. The molecule has 2 aromatic carbocycles. The molecule has 0 aromatic heterocycles. The number of rotatable bonds is 2. The van der Waals surface area contributed by atoms with Gasteiger partial charge in [-0.15, -0.1) is 12.4 Å². The van der Waals surface area contributed by atoms with Gasteiger partial charge in [-0.2, -0.15) is 4.31 Å². The molecule has 1 atom stereocenters. The molecule has 120 valence electrons. The number of halogens is 2. The van der Waals surface area contributed by atoms with E-state index >= 15 is 0 Å². The van der Waals surface area contributed by atoms with Crippen LogP contribution < -0.4 is 5.32 Å². The summed E-state index contributed by atoms with van der Waals surface area (Å²) in [5.74, 6) is 0. The smallest absolute Gasteiger partial charge is 0.243 e. The van der Waals surface area contributed by atoms with E-state index < -0.39 is 10.0 Å². The lowest BCUT2D eigenvalue weighted by atomic mass is 10.1. The molecule has 0 amide bonds. The molecule has 0 saturated carbocycles. The highest BCUT2D eigenvalue weighted by Crippen LogP contribution is 2.25. The normalized spacial score (nSPS) is 19.8. The van der Waals surface area contributed by atoms with Gasteiger partial charge in [0.05, 0.1) is 4.90 Å². The van der Waals surface area contributed by atoms with Crippen molar-refractivity contribution in [2.75, 3.05) is 19.6 Å². The number of fused-ring (bicyclic) bond motifs is 1. The van der Waals surface area contributed by atoms with Gasteiger partial charge in [-0.25, -0.2) is 8.42 Å². The second-order valence-electron chi connectivity index (χ2n) is 5.37. The number of sulfonamides is 1. The molecule has 22 heavy (non-hydrogen) atoms. The van der Waals surface area contributed by atoms with E-state index in [0.29, 0.717) is 24.5 Å². The summed E-state index contributed by atoms with van der Waals surface area (Å²) >= 11 is 3.43. The molecular weight excluding hydrogens is 388 g/mol. The zero-order valence-corrected chi connectivity index (χ0v) is 15.3. The quantitative estimate of drug-likeness (QED) is 0.835. The molecule has 0 bridgehead atoms. The third-order valence-electron chi connectivity index (χ3n) is 3.74. The van der Waals surface area contributed by atoms with Crippen molar-refractivity contribution in [3.05, 3.63) is 40.9 Å². The first kappa shape index (κ1) is 17.7. The first-order valence-electron chi connectivity index (χ1n) is 6.90. The van der Waals surface area contributed by atoms with Crippen molar-refractivity contribution in [1.82, 2.24) is 9.62 Å². The SMILES string of the molecule is CC1CN(S(=O)(=O)c2ccc3cc(Br)ccc3c2)CCN1.Cl. The summed E-state index contributed by atoms with van der Waals surface area (Å²) in [5.41, 5.74) is 0. The van der Waals surface area contributed by atoms with Gasteiger partial charge in [0.2, 0.25) is 10.0 Å². The molecule has 7 heteroatoms. The molecule has 0 aliphatic carbocycles. The van der Waals surface area contributed by atoms with Crippen molar-refractivity contribution >= 4 is 49.1 Å². The fourth-order valence-corrected chi connectivity index (χ4v) is 4.56. The molecule has 1 unspecified atom stereocenters. The Kier molecular flexibility index (Phi) is 5.50. The van der Waals surface area contributed by atoms with E-state index in [0.717, 1.165) is 15.2 Å². The fraction of sp³-hybridized carbons (Fsp3) is 0.333. The van der Waals surface area contributed by atoms with Crippen molar-refractivity contribution in [2.24, 2.45) is 0 Å². The maximum atomic E-state index is 12.7. The van der Waals surface area contributed by atoms with Crippen LogP contribution in [0.4, 0.5) is 0 Å². The van der Waals surface area contributed by atoms with E-state index in [-0.39, 0.29) is 18.4 Å². The molecule has 2 aromatic rings. The summed E-state index contributed by atoms with van der Waals surface area (Å²) in [6.45, 7) is 3.73. The highest BCUT2D eigenvalue weighted by atomic mass is 79.9. The van der Waals surface area contributed by atoms with Gasteiger partial charge in [0.15, 0.2) is 0 Å². The van der Waals surface area contributed by atoms with Crippen LogP contribution in [0.1, 0.15) is 6.92 Å². The molecule has 1 saturated heterocycles. The van der Waals surface area contributed by atoms with Crippen LogP contribution in [0.5, 0.6) is 0 Å². The van der Waals surface area contributed by atoms with Gasteiger partial charge in [0.25, 0.3) is 0 Å². The molecular formula is C15H18BrClN2O2S. The molecule has 3 rings (SSSR count).